The maximum absolute atomic E-state index is 8.36. The van der Waals surface area contributed by atoms with Gasteiger partial charge in [0.25, 0.3) is 6.47 Å². The van der Waals surface area contributed by atoms with E-state index in [4.69, 9.17) is 57.3 Å². The molecule has 0 bridgehead atoms. The van der Waals surface area contributed by atoms with Crippen molar-refractivity contribution in [3.05, 3.63) is 76.6 Å². The van der Waals surface area contributed by atoms with Gasteiger partial charge >= 0.3 is 0 Å². The summed E-state index contributed by atoms with van der Waals surface area (Å²) < 4.78 is 24.9. The number of carboxylic acid groups (broad SMARTS) is 1. The highest BCUT2D eigenvalue weighted by molar-refractivity contribution is 6.30. The molecule has 0 aliphatic carbocycles. The molecule has 1 atom stereocenters. The highest BCUT2D eigenvalue weighted by Crippen LogP contribution is 2.43. The van der Waals surface area contributed by atoms with E-state index >= 15 is 0 Å². The highest BCUT2D eigenvalue weighted by atomic mass is 35.5. The molecule has 0 amide bonds. The summed E-state index contributed by atoms with van der Waals surface area (Å²) in [4.78, 5) is 8.36. The molecule has 232 valence electrons. The molecule has 11 heteroatoms. The largest absolute Gasteiger partial charge is 0.493 e. The summed E-state index contributed by atoms with van der Waals surface area (Å²) in [6, 6.07) is 15.8. The number of ether oxygens (including phenoxy) is 4. The van der Waals surface area contributed by atoms with Crippen molar-refractivity contribution in [1.82, 2.24) is 4.57 Å². The topological polar surface area (TPSA) is 155 Å². The van der Waals surface area contributed by atoms with Crippen LogP contribution in [0.1, 0.15) is 63.5 Å². The van der Waals surface area contributed by atoms with Gasteiger partial charge in [-0.25, -0.2) is 0 Å². The van der Waals surface area contributed by atoms with Crippen molar-refractivity contribution in [3.8, 4) is 17.2 Å². The summed E-state index contributed by atoms with van der Waals surface area (Å²) in [5, 5.41) is 14.5. The number of para-hydroxylation sites is 1. The lowest BCUT2D eigenvalue weighted by Gasteiger charge is -2.26. The zero-order valence-corrected chi connectivity index (χ0v) is 26.1. The zero-order chi connectivity index (χ0) is 31.7. The van der Waals surface area contributed by atoms with Gasteiger partial charge in [-0.15, -0.1) is 0 Å². The van der Waals surface area contributed by atoms with Crippen LogP contribution in [0.15, 0.2) is 54.7 Å². The van der Waals surface area contributed by atoms with Crippen molar-refractivity contribution in [2.75, 3.05) is 27.4 Å². The van der Waals surface area contributed by atoms with Gasteiger partial charge in [0, 0.05) is 28.0 Å². The molecule has 3 aromatic rings. The van der Waals surface area contributed by atoms with Crippen LogP contribution in [0.25, 0.3) is 5.69 Å². The van der Waals surface area contributed by atoms with Crippen molar-refractivity contribution >= 4 is 23.9 Å². The number of hydrogen-bond acceptors (Lipinski definition) is 7. The maximum atomic E-state index is 8.36. The van der Waals surface area contributed by atoms with Gasteiger partial charge in [0.15, 0.2) is 11.5 Å². The van der Waals surface area contributed by atoms with Crippen molar-refractivity contribution < 1.29 is 28.8 Å². The summed E-state index contributed by atoms with van der Waals surface area (Å²) >= 11 is 6.30. The average molecular weight is 605 g/mol. The number of halogens is 1. The molecule has 0 fully saturated rings. The lowest BCUT2D eigenvalue weighted by Crippen LogP contribution is -2.31. The van der Waals surface area contributed by atoms with Gasteiger partial charge in [0.2, 0.25) is 0 Å². The molecule has 6 N–H and O–H groups in total. The molecule has 2 aromatic carbocycles. The maximum Gasteiger partial charge on any atom is 0.290 e. The Balaban J connectivity index is 0.000000435. The highest BCUT2D eigenvalue weighted by Gasteiger charge is 2.28. The molecule has 1 aromatic heterocycles. The number of carbonyl (C=O) groups is 1. The minimum atomic E-state index is -0.307. The van der Waals surface area contributed by atoms with Gasteiger partial charge in [-0.2, -0.15) is 0 Å². The third-order valence-corrected chi connectivity index (χ3v) is 6.79. The smallest absolute Gasteiger partial charge is 0.290 e. The van der Waals surface area contributed by atoms with E-state index in [0.29, 0.717) is 23.1 Å². The molecule has 0 spiro atoms. The van der Waals surface area contributed by atoms with Crippen LogP contribution in [0.5, 0.6) is 11.5 Å². The van der Waals surface area contributed by atoms with Crippen molar-refractivity contribution in [3.63, 3.8) is 0 Å². The summed E-state index contributed by atoms with van der Waals surface area (Å²) in [7, 11) is 3.27. The van der Waals surface area contributed by atoms with Crippen molar-refractivity contribution in [2.24, 2.45) is 11.5 Å². The van der Waals surface area contributed by atoms with Crippen molar-refractivity contribution in [1.29, 1.82) is 5.41 Å². The summed E-state index contributed by atoms with van der Waals surface area (Å²) in [6.07, 6.45) is 3.64. The molecule has 0 saturated carbocycles. The van der Waals surface area contributed by atoms with E-state index in [1.165, 1.54) is 0 Å². The minimum Gasteiger partial charge on any atom is -0.493 e. The monoisotopic (exact) mass is 604 g/mol. The number of nitrogens with zero attached hydrogens (tertiary/aromatic N) is 1. The molecule has 42 heavy (non-hydrogen) atoms. The Labute approximate surface area is 254 Å². The Morgan fingerprint density at radius 3 is 2.33 bits per heavy atom. The Morgan fingerprint density at radius 2 is 1.79 bits per heavy atom. The van der Waals surface area contributed by atoms with Crippen LogP contribution in [0.2, 0.25) is 5.02 Å². The molecule has 1 aliphatic rings. The second-order valence-corrected chi connectivity index (χ2v) is 9.77. The number of nitrogens with two attached hydrogens (primary N) is 2. The van der Waals surface area contributed by atoms with E-state index in [9.17, 15) is 0 Å². The zero-order valence-electron chi connectivity index (χ0n) is 25.4. The number of hydrogen-bond donors (Lipinski definition) is 4. The number of nitrogens with one attached hydrogen (secondary N) is 1. The quantitative estimate of drug-likeness (QED) is 0.140. The van der Waals surface area contributed by atoms with Crippen LogP contribution < -0.4 is 20.9 Å². The number of rotatable bonds is 8. The first-order chi connectivity index (χ1) is 20.1. The Kier molecular flexibility index (Phi) is 16.3. The fraction of sp³-hybridized carbons (Fsp3) is 0.419. The first-order valence-corrected chi connectivity index (χ1v) is 14.0. The van der Waals surface area contributed by atoms with E-state index in [1.807, 2.05) is 62.5 Å². The number of aromatic nitrogens is 1. The molecule has 0 radical (unpaired) electrons. The van der Waals surface area contributed by atoms with Crippen LogP contribution in [-0.4, -0.2) is 55.0 Å². The third-order valence-electron chi connectivity index (χ3n) is 6.55. The third kappa shape index (κ3) is 10.4. The van der Waals surface area contributed by atoms with E-state index in [2.05, 4.69) is 24.5 Å². The number of fused-ring (bicyclic) bond motifs is 3. The van der Waals surface area contributed by atoms with E-state index in [1.54, 1.807) is 14.2 Å². The Bertz CT molecular complexity index is 1250. The SMILES string of the molecule is CCC(C)(CC)OCC(=N)N.CCN.COc1cccc(C2OCc3cccn3-c3ccc(Cl)cc32)c1OC.O=CO. The molecule has 1 aliphatic heterocycles. The van der Waals surface area contributed by atoms with Gasteiger partial charge in [-0.1, -0.05) is 44.5 Å². The summed E-state index contributed by atoms with van der Waals surface area (Å²) in [6.45, 7) is 9.33. The van der Waals surface area contributed by atoms with Gasteiger partial charge in [-0.3, -0.25) is 10.2 Å². The predicted octanol–water partition coefficient (Wildman–Crippen LogP) is 5.95. The van der Waals surface area contributed by atoms with Crippen LogP contribution in [0.4, 0.5) is 0 Å². The Hall–Kier alpha value is -3.57. The number of methoxy groups -OCH3 is 2. The molecule has 0 saturated heterocycles. The fourth-order valence-electron chi connectivity index (χ4n) is 4.06. The van der Waals surface area contributed by atoms with Crippen LogP contribution in [0, 0.1) is 5.41 Å². The lowest BCUT2D eigenvalue weighted by atomic mass is 9.98. The van der Waals surface area contributed by atoms with E-state index < -0.39 is 0 Å². The van der Waals surface area contributed by atoms with E-state index in [0.717, 1.165) is 41.9 Å². The molecule has 2 heterocycles. The van der Waals surface area contributed by atoms with Crippen LogP contribution >= 0.6 is 11.6 Å². The summed E-state index contributed by atoms with van der Waals surface area (Å²) in [5.41, 5.74) is 14.0. The second-order valence-electron chi connectivity index (χ2n) is 9.33. The fourth-order valence-corrected chi connectivity index (χ4v) is 4.24. The molecular formula is C31H45ClN4O6. The molecule has 4 rings (SSSR count). The van der Waals surface area contributed by atoms with E-state index in [-0.39, 0.29) is 30.6 Å². The average Bonchev–Trinajstić information content (AvgIpc) is 3.39. The van der Waals surface area contributed by atoms with Crippen molar-refractivity contribution in [2.45, 2.75) is 58.8 Å². The van der Waals surface area contributed by atoms with Gasteiger partial charge < -0.3 is 40.1 Å². The summed E-state index contributed by atoms with van der Waals surface area (Å²) in [5.74, 6) is 1.45. The van der Waals surface area contributed by atoms with Crippen LogP contribution in [0.3, 0.4) is 0 Å². The first-order valence-electron chi connectivity index (χ1n) is 13.6. The number of amidine groups is 1. The molecule has 1 unspecified atom stereocenters. The molecule has 10 nitrogen and oxygen atoms in total. The lowest BCUT2D eigenvalue weighted by molar-refractivity contribution is -0.122. The standard InChI is InChI=1S/C20H18ClNO3.C8H18N2O.C2H7N.CH2O2/c1-23-18-7-3-6-15(20(18)24-2)19-16-11-13(21)8-9-17(16)22-10-4-5-14(22)12-25-19;1-4-8(3,5-2)11-6-7(9)10;1-2-3;2-1-3/h3-11,19H,12H2,1-2H3;4-6H2,1-3H3,(H3,9,10);2-3H2,1H3;1H,(H,2,3). The first kappa shape index (κ1) is 36.5. The van der Waals surface area contributed by atoms with Gasteiger partial charge in [-0.05, 0) is 62.7 Å². The number of benzene rings is 2. The Morgan fingerprint density at radius 1 is 1.14 bits per heavy atom. The normalized spacial score (nSPS) is 13.2. The predicted molar refractivity (Wildman–Crippen MR) is 167 cm³/mol. The van der Waals surface area contributed by atoms with Gasteiger partial charge in [0.05, 0.1) is 32.1 Å². The molecular weight excluding hydrogens is 560 g/mol. The second kappa shape index (κ2) is 18.8. The minimum absolute atomic E-state index is 0.0955. The van der Waals surface area contributed by atoms with Gasteiger partial charge in [0.1, 0.15) is 18.5 Å². The van der Waals surface area contributed by atoms with Crippen LogP contribution in [-0.2, 0) is 20.9 Å².